The Bertz CT molecular complexity index is 874. The van der Waals surface area contributed by atoms with Crippen molar-refractivity contribution < 1.29 is 15.0 Å². The minimum Gasteiger partial charge on any atom is -0.481 e. The van der Waals surface area contributed by atoms with Crippen LogP contribution in [-0.2, 0) is 4.79 Å². The van der Waals surface area contributed by atoms with Crippen LogP contribution in [0.5, 0.6) is 0 Å². The van der Waals surface area contributed by atoms with Crippen LogP contribution in [-0.4, -0.2) is 22.3 Å². The van der Waals surface area contributed by atoms with Crippen LogP contribution < -0.4 is 0 Å². The monoisotopic (exact) mass is 456 g/mol. The zero-order valence-electron chi connectivity index (χ0n) is 22.2. The molecular formula is C30H48O3. The van der Waals surface area contributed by atoms with Crippen LogP contribution in [0.3, 0.4) is 0 Å². The molecule has 4 fully saturated rings. The lowest BCUT2D eigenvalue weighted by Crippen LogP contribution is -2.65. The minimum atomic E-state index is -0.565. The molecule has 4 saturated carbocycles. The van der Waals surface area contributed by atoms with Crippen LogP contribution in [0.2, 0.25) is 0 Å². The van der Waals surface area contributed by atoms with E-state index in [1.165, 1.54) is 18.4 Å². The number of aliphatic hydroxyl groups is 1. The van der Waals surface area contributed by atoms with Gasteiger partial charge < -0.3 is 10.2 Å². The summed E-state index contributed by atoms with van der Waals surface area (Å²) >= 11 is 0. The van der Waals surface area contributed by atoms with Gasteiger partial charge in [0.05, 0.1) is 11.5 Å². The number of carbonyl (C=O) groups is 1. The summed E-state index contributed by atoms with van der Waals surface area (Å²) in [6.45, 7) is 17.0. The Morgan fingerprint density at radius 3 is 2.30 bits per heavy atom. The molecule has 3 heteroatoms. The molecule has 0 aromatic heterocycles. The standard InChI is InChI=1S/C30H48O3/c1-18-10-13-30(25(32)33)15-14-28(6)21(24(30)19(18)2)8-9-23-27(5)17-20(31)16-26(3,4)22(27)11-12-29(23,28)7/h8,18-20,22-24,31H,9-17H2,1-7H3,(H,32,33)/t18-,19+,20-,22?,23?,24?,27+,28-,29-,30+/m1/s1. The molecule has 5 aliphatic carbocycles. The molecular weight excluding hydrogens is 408 g/mol. The van der Waals surface area contributed by atoms with E-state index in [1.54, 1.807) is 0 Å². The van der Waals surface area contributed by atoms with E-state index in [4.69, 9.17) is 0 Å². The summed E-state index contributed by atoms with van der Waals surface area (Å²) in [5.74, 6) is 1.84. The van der Waals surface area contributed by atoms with Crippen molar-refractivity contribution in [1.29, 1.82) is 0 Å². The summed E-state index contributed by atoms with van der Waals surface area (Å²) in [5.41, 5.74) is 1.49. The summed E-state index contributed by atoms with van der Waals surface area (Å²) in [6, 6.07) is 0. The summed E-state index contributed by atoms with van der Waals surface area (Å²) in [4.78, 5) is 12.8. The van der Waals surface area contributed by atoms with Crippen molar-refractivity contribution in [3.63, 3.8) is 0 Å². The number of hydrogen-bond donors (Lipinski definition) is 2. The van der Waals surface area contributed by atoms with Gasteiger partial charge in [0.2, 0.25) is 0 Å². The Labute approximate surface area is 201 Å². The number of allylic oxidation sites excluding steroid dienone is 2. The van der Waals surface area contributed by atoms with Crippen molar-refractivity contribution in [2.45, 2.75) is 112 Å². The number of aliphatic carboxylic acids is 1. The van der Waals surface area contributed by atoms with E-state index in [0.29, 0.717) is 23.7 Å². The minimum absolute atomic E-state index is 0.0609. The zero-order valence-corrected chi connectivity index (χ0v) is 22.2. The first-order valence-corrected chi connectivity index (χ1v) is 13.8. The smallest absolute Gasteiger partial charge is 0.310 e. The van der Waals surface area contributed by atoms with E-state index >= 15 is 0 Å². The first kappa shape index (κ1) is 23.9. The van der Waals surface area contributed by atoms with Gasteiger partial charge in [0.25, 0.3) is 0 Å². The second-order valence-corrected chi connectivity index (χ2v) is 14.7. The van der Waals surface area contributed by atoms with E-state index in [-0.39, 0.29) is 33.7 Å². The number of aliphatic hydroxyl groups excluding tert-OH is 1. The van der Waals surface area contributed by atoms with Gasteiger partial charge >= 0.3 is 5.97 Å². The normalized spacial score (nSPS) is 55.3. The van der Waals surface area contributed by atoms with Crippen LogP contribution in [0, 0.1) is 56.7 Å². The summed E-state index contributed by atoms with van der Waals surface area (Å²) in [5, 5.41) is 21.5. The maximum atomic E-state index is 12.8. The predicted molar refractivity (Wildman–Crippen MR) is 133 cm³/mol. The van der Waals surface area contributed by atoms with E-state index in [9.17, 15) is 15.0 Å². The average Bonchev–Trinajstić information content (AvgIpc) is 2.69. The van der Waals surface area contributed by atoms with Gasteiger partial charge in [-0.2, -0.15) is 0 Å². The van der Waals surface area contributed by atoms with Gasteiger partial charge in [0.15, 0.2) is 0 Å². The van der Waals surface area contributed by atoms with E-state index in [2.05, 4.69) is 54.5 Å². The van der Waals surface area contributed by atoms with Crippen LogP contribution in [0.1, 0.15) is 106 Å². The number of rotatable bonds is 1. The fourth-order valence-corrected chi connectivity index (χ4v) is 11.1. The Kier molecular flexibility index (Phi) is 5.15. The highest BCUT2D eigenvalue weighted by atomic mass is 16.4. The maximum absolute atomic E-state index is 12.8. The molecule has 5 rings (SSSR count). The van der Waals surface area contributed by atoms with Crippen molar-refractivity contribution in [3.05, 3.63) is 11.6 Å². The first-order chi connectivity index (χ1) is 15.2. The van der Waals surface area contributed by atoms with E-state index in [1.807, 2.05) is 0 Å². The molecule has 0 heterocycles. The lowest BCUT2D eigenvalue weighted by Gasteiger charge is -2.71. The van der Waals surface area contributed by atoms with E-state index < -0.39 is 11.4 Å². The van der Waals surface area contributed by atoms with Crippen LogP contribution in [0.25, 0.3) is 0 Å². The fraction of sp³-hybridized carbons (Fsp3) is 0.900. The molecule has 3 unspecified atom stereocenters. The summed E-state index contributed by atoms with van der Waals surface area (Å²) in [6.07, 6.45) is 11.4. The molecule has 0 aromatic carbocycles. The molecule has 3 nitrogen and oxygen atoms in total. The second-order valence-electron chi connectivity index (χ2n) is 14.7. The third-order valence-electron chi connectivity index (χ3n) is 13.1. The third-order valence-corrected chi connectivity index (χ3v) is 13.1. The van der Waals surface area contributed by atoms with E-state index in [0.717, 1.165) is 44.9 Å². The highest BCUT2D eigenvalue weighted by molar-refractivity contribution is 5.76. The van der Waals surface area contributed by atoms with Crippen molar-refractivity contribution in [3.8, 4) is 0 Å². The molecule has 5 aliphatic rings. The number of carboxylic acid groups (broad SMARTS) is 1. The Morgan fingerprint density at radius 2 is 1.64 bits per heavy atom. The molecule has 0 bridgehead atoms. The highest BCUT2D eigenvalue weighted by Gasteiger charge is 2.69. The molecule has 186 valence electrons. The Balaban J connectivity index is 1.62. The summed E-state index contributed by atoms with van der Waals surface area (Å²) < 4.78 is 0. The Hall–Kier alpha value is -0.830. The topological polar surface area (TPSA) is 57.5 Å². The first-order valence-electron chi connectivity index (χ1n) is 13.8. The molecule has 10 atom stereocenters. The third kappa shape index (κ3) is 2.87. The van der Waals surface area contributed by atoms with Gasteiger partial charge in [-0.1, -0.05) is 60.1 Å². The number of hydrogen-bond acceptors (Lipinski definition) is 2. The van der Waals surface area contributed by atoms with Crippen molar-refractivity contribution >= 4 is 5.97 Å². The number of fused-ring (bicyclic) bond motifs is 7. The molecule has 0 amide bonds. The van der Waals surface area contributed by atoms with Gasteiger partial charge in [0, 0.05) is 0 Å². The quantitative estimate of drug-likeness (QED) is 0.414. The highest BCUT2D eigenvalue weighted by Crippen LogP contribution is 2.75. The second kappa shape index (κ2) is 7.11. The molecule has 0 spiro atoms. The van der Waals surface area contributed by atoms with Crippen molar-refractivity contribution in [1.82, 2.24) is 0 Å². The van der Waals surface area contributed by atoms with Gasteiger partial charge in [-0.25, -0.2) is 0 Å². The van der Waals surface area contributed by atoms with Crippen molar-refractivity contribution in [2.24, 2.45) is 56.7 Å². The maximum Gasteiger partial charge on any atom is 0.310 e. The van der Waals surface area contributed by atoms with Crippen LogP contribution >= 0.6 is 0 Å². The molecule has 0 aromatic rings. The van der Waals surface area contributed by atoms with Gasteiger partial charge in [-0.3, -0.25) is 4.79 Å². The van der Waals surface area contributed by atoms with Crippen molar-refractivity contribution in [2.75, 3.05) is 0 Å². The predicted octanol–water partition coefficient (Wildman–Crippen LogP) is 7.09. The molecule has 0 radical (unpaired) electrons. The average molecular weight is 457 g/mol. The lowest BCUT2D eigenvalue weighted by molar-refractivity contribution is -0.202. The van der Waals surface area contributed by atoms with Gasteiger partial charge in [-0.05, 0) is 109 Å². The van der Waals surface area contributed by atoms with Crippen LogP contribution in [0.4, 0.5) is 0 Å². The Morgan fingerprint density at radius 1 is 0.939 bits per heavy atom. The zero-order chi connectivity index (χ0) is 24.2. The molecule has 2 N–H and O–H groups in total. The molecule has 0 aliphatic heterocycles. The lowest BCUT2D eigenvalue weighted by atomic mass is 9.33. The largest absolute Gasteiger partial charge is 0.481 e. The molecule has 33 heavy (non-hydrogen) atoms. The van der Waals surface area contributed by atoms with Gasteiger partial charge in [-0.15, -0.1) is 0 Å². The summed E-state index contributed by atoms with van der Waals surface area (Å²) in [7, 11) is 0. The van der Waals surface area contributed by atoms with Gasteiger partial charge in [0.1, 0.15) is 0 Å². The SMILES string of the molecule is C[C@@H]1CC[C@]2(C(=O)O)CC[C@]3(C)C(=CCC4[C@@]5(C)C[C@H](O)CC(C)(C)C5CC[C@]43C)C2[C@H]1C. The fourth-order valence-electron chi connectivity index (χ4n) is 11.1. The number of carboxylic acids is 1. The molecule has 0 saturated heterocycles. The van der Waals surface area contributed by atoms with Crippen LogP contribution in [0.15, 0.2) is 11.6 Å².